The van der Waals surface area contributed by atoms with E-state index in [0.717, 1.165) is 35.2 Å². The van der Waals surface area contributed by atoms with Gasteiger partial charge in [0.1, 0.15) is 7.05 Å². The Morgan fingerprint density at radius 3 is 2.21 bits per heavy atom. The monoisotopic (exact) mass is 373 g/mol. The fraction of sp³-hybridized carbons (Fsp3) is 0.250. The van der Waals surface area contributed by atoms with E-state index in [1.54, 1.807) is 0 Å². The van der Waals surface area contributed by atoms with Crippen LogP contribution in [0, 0.1) is 5.92 Å². The van der Waals surface area contributed by atoms with Gasteiger partial charge in [0.25, 0.3) is 5.70 Å². The fourth-order valence-electron chi connectivity index (χ4n) is 3.59. The van der Waals surface area contributed by atoms with Crippen molar-refractivity contribution in [2.24, 2.45) is 5.92 Å². The van der Waals surface area contributed by atoms with Gasteiger partial charge in [-0.2, -0.15) is 4.58 Å². The molecule has 4 heteroatoms. The smallest absolute Gasteiger partial charge is 0.377 e. The van der Waals surface area contributed by atoms with Crippen LogP contribution < -0.4 is 0 Å². The second kappa shape index (κ2) is 7.47. The van der Waals surface area contributed by atoms with E-state index in [-0.39, 0.29) is 5.97 Å². The number of hydrogen-bond acceptors (Lipinski definition) is 3. The summed E-state index contributed by atoms with van der Waals surface area (Å²) < 4.78 is 7.58. The van der Waals surface area contributed by atoms with Crippen molar-refractivity contribution < 1.29 is 14.1 Å². The number of nitrogens with zero attached hydrogens (tertiary/aromatic N) is 2. The second-order valence-electron chi connectivity index (χ2n) is 7.49. The summed E-state index contributed by atoms with van der Waals surface area (Å²) in [6.45, 7) is 0. The van der Waals surface area contributed by atoms with Crippen LogP contribution in [-0.4, -0.2) is 42.5 Å². The molecule has 0 amide bonds. The number of carbonyl (C=O) groups excluding carboxylic acids is 1. The quantitative estimate of drug-likeness (QED) is 0.453. The minimum absolute atomic E-state index is 0.273. The summed E-state index contributed by atoms with van der Waals surface area (Å²) in [5, 5.41) is 0. The molecule has 1 aliphatic carbocycles. The lowest BCUT2D eigenvalue weighted by Gasteiger charge is -2.18. The van der Waals surface area contributed by atoms with E-state index < -0.39 is 0 Å². The highest BCUT2D eigenvalue weighted by atomic mass is 16.6. The van der Waals surface area contributed by atoms with Crippen LogP contribution in [0.25, 0.3) is 5.70 Å². The van der Waals surface area contributed by atoms with Gasteiger partial charge < -0.3 is 9.64 Å². The van der Waals surface area contributed by atoms with Gasteiger partial charge in [0.15, 0.2) is 0 Å². The third kappa shape index (κ3) is 3.50. The number of likely N-dealkylation sites (N-methyl/N-ethyl adjacent to an activating group) is 1. The van der Waals surface area contributed by atoms with Crippen molar-refractivity contribution in [1.29, 1.82) is 0 Å². The predicted molar refractivity (Wildman–Crippen MR) is 111 cm³/mol. The molecule has 0 unspecified atom stereocenters. The summed E-state index contributed by atoms with van der Waals surface area (Å²) in [7, 11) is 5.98. The summed E-state index contributed by atoms with van der Waals surface area (Å²) in [4.78, 5) is 14.9. The van der Waals surface area contributed by atoms with Gasteiger partial charge in [-0.05, 0) is 42.5 Å². The SMILES string of the molecule is CN(C)/C(=C\C(=C1\C(=O)OC(c2ccccc2)=[N+]1C)C1CC1)c1ccccc1. The molecule has 0 N–H and O–H groups in total. The van der Waals surface area contributed by atoms with E-state index in [1.807, 2.05) is 74.2 Å². The summed E-state index contributed by atoms with van der Waals surface area (Å²) in [6, 6.07) is 20.1. The zero-order valence-electron chi connectivity index (χ0n) is 16.6. The maximum Gasteiger partial charge on any atom is 0.413 e. The van der Waals surface area contributed by atoms with Crippen LogP contribution >= 0.6 is 0 Å². The first-order valence-electron chi connectivity index (χ1n) is 9.63. The van der Waals surface area contributed by atoms with Crippen LogP contribution in [0.15, 0.2) is 78.0 Å². The Balaban J connectivity index is 1.86. The first-order valence-corrected chi connectivity index (χ1v) is 9.63. The van der Waals surface area contributed by atoms with Crippen molar-refractivity contribution in [2.45, 2.75) is 12.8 Å². The van der Waals surface area contributed by atoms with E-state index in [9.17, 15) is 4.79 Å². The average molecular weight is 373 g/mol. The van der Waals surface area contributed by atoms with Crippen LogP contribution in [0.5, 0.6) is 0 Å². The number of ether oxygens (including phenoxy) is 1. The molecule has 0 saturated heterocycles. The minimum Gasteiger partial charge on any atom is -0.377 e. The summed E-state index contributed by atoms with van der Waals surface area (Å²) in [5.74, 6) is 0.725. The Morgan fingerprint density at radius 1 is 1.04 bits per heavy atom. The van der Waals surface area contributed by atoms with E-state index in [0.29, 0.717) is 17.5 Å². The molecule has 0 spiro atoms. The van der Waals surface area contributed by atoms with E-state index >= 15 is 0 Å². The van der Waals surface area contributed by atoms with Crippen LogP contribution in [0.2, 0.25) is 0 Å². The summed E-state index contributed by atoms with van der Waals surface area (Å²) in [5.41, 5.74) is 4.84. The molecule has 0 bridgehead atoms. The largest absolute Gasteiger partial charge is 0.413 e. The minimum atomic E-state index is -0.273. The molecule has 1 aliphatic heterocycles. The van der Waals surface area contributed by atoms with Gasteiger partial charge >= 0.3 is 11.9 Å². The van der Waals surface area contributed by atoms with Crippen LogP contribution in [-0.2, 0) is 9.53 Å². The van der Waals surface area contributed by atoms with Gasteiger partial charge in [0, 0.05) is 25.4 Å². The number of benzene rings is 2. The number of hydrogen-bond donors (Lipinski definition) is 0. The average Bonchev–Trinajstić information content (AvgIpc) is 3.50. The van der Waals surface area contributed by atoms with Gasteiger partial charge in [-0.1, -0.05) is 48.5 Å². The van der Waals surface area contributed by atoms with Crippen molar-refractivity contribution in [3.05, 3.63) is 89.1 Å². The van der Waals surface area contributed by atoms with Gasteiger partial charge in [0.05, 0.1) is 5.56 Å². The number of rotatable bonds is 5. The highest BCUT2D eigenvalue weighted by Gasteiger charge is 2.43. The van der Waals surface area contributed by atoms with Gasteiger partial charge in [-0.25, -0.2) is 4.79 Å². The zero-order chi connectivity index (χ0) is 19.7. The van der Waals surface area contributed by atoms with Crippen molar-refractivity contribution >= 4 is 17.6 Å². The van der Waals surface area contributed by atoms with Crippen LogP contribution in [0.1, 0.15) is 24.0 Å². The lowest BCUT2D eigenvalue weighted by molar-refractivity contribution is -0.435. The fourth-order valence-corrected chi connectivity index (χ4v) is 3.59. The molecule has 28 heavy (non-hydrogen) atoms. The Kier molecular flexibility index (Phi) is 4.86. The molecule has 1 heterocycles. The molecule has 0 radical (unpaired) electrons. The molecule has 2 aromatic rings. The first kappa shape index (κ1) is 18.2. The zero-order valence-corrected chi connectivity index (χ0v) is 16.6. The molecule has 0 aromatic heterocycles. The standard InChI is InChI=1S/C24H25N2O2/c1-25(2)21(18-10-6-4-7-11-18)16-20(17-14-15-17)22-24(27)28-23(26(22)3)19-12-8-5-9-13-19/h4-13,16-17H,14-15H2,1-3H3/q+1/b21-16-,22-20+. The molecule has 4 rings (SSSR count). The second-order valence-corrected chi connectivity index (χ2v) is 7.49. The molecular formula is C24H25N2O2+. The Bertz CT molecular complexity index is 982. The maximum absolute atomic E-state index is 12.8. The molecule has 1 saturated carbocycles. The molecule has 4 nitrogen and oxygen atoms in total. The van der Waals surface area contributed by atoms with Crippen LogP contribution in [0.3, 0.4) is 0 Å². The van der Waals surface area contributed by atoms with Gasteiger partial charge in [0.2, 0.25) is 0 Å². The molecular weight excluding hydrogens is 348 g/mol. The summed E-state index contributed by atoms with van der Waals surface area (Å²) >= 11 is 0. The van der Waals surface area contributed by atoms with Crippen molar-refractivity contribution in [3.8, 4) is 0 Å². The number of carbonyl (C=O) groups is 1. The lowest BCUT2D eigenvalue weighted by Crippen LogP contribution is -2.14. The van der Waals surface area contributed by atoms with E-state index in [4.69, 9.17) is 4.74 Å². The Labute approximate surface area is 166 Å². The third-order valence-electron chi connectivity index (χ3n) is 5.18. The van der Waals surface area contributed by atoms with Crippen LogP contribution in [0.4, 0.5) is 0 Å². The molecule has 0 atom stereocenters. The molecule has 1 fully saturated rings. The first-order chi connectivity index (χ1) is 13.6. The summed E-state index contributed by atoms with van der Waals surface area (Å²) in [6.07, 6.45) is 4.37. The van der Waals surface area contributed by atoms with E-state index in [1.165, 1.54) is 0 Å². The van der Waals surface area contributed by atoms with Crippen molar-refractivity contribution in [3.63, 3.8) is 0 Å². The molecule has 2 aromatic carbocycles. The number of cyclic esters (lactones) is 1. The Morgan fingerprint density at radius 2 is 1.64 bits per heavy atom. The molecule has 142 valence electrons. The predicted octanol–water partition coefficient (Wildman–Crippen LogP) is 3.90. The van der Waals surface area contributed by atoms with E-state index in [2.05, 4.69) is 23.1 Å². The van der Waals surface area contributed by atoms with Crippen molar-refractivity contribution in [2.75, 3.05) is 21.1 Å². The maximum atomic E-state index is 12.8. The van der Waals surface area contributed by atoms with Crippen molar-refractivity contribution in [1.82, 2.24) is 4.90 Å². The topological polar surface area (TPSA) is 32.6 Å². The number of esters is 1. The van der Waals surface area contributed by atoms with Gasteiger partial charge in [-0.3, -0.25) is 0 Å². The lowest BCUT2D eigenvalue weighted by atomic mass is 10.0. The highest BCUT2D eigenvalue weighted by molar-refractivity contribution is 6.06. The van der Waals surface area contributed by atoms with Gasteiger partial charge in [-0.15, -0.1) is 0 Å². The highest BCUT2D eigenvalue weighted by Crippen LogP contribution is 2.41. The Hall–Kier alpha value is -3.14. The molecule has 2 aliphatic rings. The third-order valence-corrected chi connectivity index (χ3v) is 5.18. The normalized spacial score (nSPS) is 19.0. The number of allylic oxidation sites excluding steroid dienone is 2.